The van der Waals surface area contributed by atoms with Crippen molar-refractivity contribution in [2.45, 2.75) is 18.7 Å². The van der Waals surface area contributed by atoms with E-state index in [2.05, 4.69) is 0 Å². The van der Waals surface area contributed by atoms with Crippen LogP contribution in [0.3, 0.4) is 0 Å². The molecule has 0 saturated carbocycles. The molecule has 0 aliphatic heterocycles. The minimum atomic E-state index is -0.965. The topological polar surface area (TPSA) is 76.5 Å². The average Bonchev–Trinajstić information content (AvgIpc) is 2.51. The zero-order chi connectivity index (χ0) is 10.6. The second-order valence-corrected chi connectivity index (χ2v) is 4.00. The normalized spacial score (nSPS) is 12.7. The molecule has 5 heteroatoms. The van der Waals surface area contributed by atoms with Gasteiger partial charge in [0.2, 0.25) is 0 Å². The number of hydrogen-bond acceptors (Lipinski definition) is 4. The van der Waals surface area contributed by atoms with Crippen LogP contribution in [-0.2, 0) is 10.5 Å². The zero-order valence-electron chi connectivity index (χ0n) is 7.90. The van der Waals surface area contributed by atoms with Crippen molar-refractivity contribution in [1.29, 1.82) is 0 Å². The second-order valence-electron chi connectivity index (χ2n) is 2.97. The van der Waals surface area contributed by atoms with Crippen molar-refractivity contribution in [3.05, 3.63) is 23.7 Å². The van der Waals surface area contributed by atoms with E-state index in [-0.39, 0.29) is 0 Å². The molecule has 1 aromatic heterocycles. The Morgan fingerprint density at radius 1 is 1.71 bits per heavy atom. The third kappa shape index (κ3) is 3.43. The Kier molecular flexibility index (Phi) is 4.03. The highest BCUT2D eigenvalue weighted by molar-refractivity contribution is 7.98. The number of carboxylic acids is 1. The fourth-order valence-electron chi connectivity index (χ4n) is 0.920. The van der Waals surface area contributed by atoms with Gasteiger partial charge in [0, 0.05) is 5.75 Å². The van der Waals surface area contributed by atoms with E-state index in [9.17, 15) is 4.79 Å². The van der Waals surface area contributed by atoms with Gasteiger partial charge in [-0.25, -0.2) is 0 Å². The molecule has 1 unspecified atom stereocenters. The highest BCUT2D eigenvalue weighted by atomic mass is 32.2. The summed E-state index contributed by atoms with van der Waals surface area (Å²) in [6, 6.07) is 2.97. The lowest BCUT2D eigenvalue weighted by atomic mass is 10.4. The van der Waals surface area contributed by atoms with E-state index in [0.717, 1.165) is 11.5 Å². The van der Waals surface area contributed by atoms with Gasteiger partial charge in [0.25, 0.3) is 0 Å². The molecule has 0 amide bonds. The van der Waals surface area contributed by atoms with Crippen LogP contribution in [-0.4, -0.2) is 22.9 Å². The molecule has 1 aromatic rings. The first kappa shape index (κ1) is 11.1. The van der Waals surface area contributed by atoms with E-state index >= 15 is 0 Å². The van der Waals surface area contributed by atoms with Crippen molar-refractivity contribution in [2.24, 2.45) is 5.73 Å². The van der Waals surface area contributed by atoms with Gasteiger partial charge >= 0.3 is 5.97 Å². The van der Waals surface area contributed by atoms with Gasteiger partial charge in [-0.1, -0.05) is 0 Å². The first-order valence-electron chi connectivity index (χ1n) is 4.21. The minimum Gasteiger partial charge on any atom is -0.480 e. The Morgan fingerprint density at radius 2 is 2.43 bits per heavy atom. The molecule has 0 bridgehead atoms. The highest BCUT2D eigenvalue weighted by Crippen LogP contribution is 2.15. The van der Waals surface area contributed by atoms with Gasteiger partial charge in [0.05, 0.1) is 5.75 Å². The lowest BCUT2D eigenvalue weighted by Crippen LogP contribution is -2.32. The second kappa shape index (κ2) is 5.07. The molecular weight excluding hydrogens is 202 g/mol. The number of aryl methyl sites for hydroxylation is 1. The predicted molar refractivity (Wildman–Crippen MR) is 55.2 cm³/mol. The van der Waals surface area contributed by atoms with Gasteiger partial charge in [-0.3, -0.25) is 4.79 Å². The first-order valence-corrected chi connectivity index (χ1v) is 5.36. The lowest BCUT2D eigenvalue weighted by Gasteiger charge is -2.03. The van der Waals surface area contributed by atoms with E-state index in [0.29, 0.717) is 11.5 Å². The molecule has 0 spiro atoms. The van der Waals surface area contributed by atoms with Gasteiger partial charge in [-0.2, -0.15) is 11.8 Å². The van der Waals surface area contributed by atoms with E-state index in [1.54, 1.807) is 0 Å². The van der Waals surface area contributed by atoms with Gasteiger partial charge < -0.3 is 15.3 Å². The summed E-state index contributed by atoms with van der Waals surface area (Å²) in [5.74, 6) is 1.81. The van der Waals surface area contributed by atoms with Crippen molar-refractivity contribution in [2.75, 3.05) is 5.75 Å². The number of thioether (sulfide) groups is 1. The van der Waals surface area contributed by atoms with E-state index in [1.807, 2.05) is 19.1 Å². The van der Waals surface area contributed by atoms with Crippen molar-refractivity contribution >= 4 is 17.7 Å². The summed E-state index contributed by atoms with van der Waals surface area (Å²) in [7, 11) is 0. The summed E-state index contributed by atoms with van der Waals surface area (Å²) >= 11 is 1.46. The molecule has 1 atom stereocenters. The largest absolute Gasteiger partial charge is 0.480 e. The van der Waals surface area contributed by atoms with Gasteiger partial charge in [-0.05, 0) is 19.1 Å². The van der Waals surface area contributed by atoms with E-state index in [1.165, 1.54) is 11.8 Å². The molecule has 4 nitrogen and oxygen atoms in total. The Labute approximate surface area is 86.5 Å². The Hall–Kier alpha value is -0.940. The van der Waals surface area contributed by atoms with Gasteiger partial charge in [-0.15, -0.1) is 0 Å². The Balaban J connectivity index is 2.25. The minimum absolute atomic E-state index is 0.398. The number of nitrogens with two attached hydrogens (primary N) is 1. The maximum absolute atomic E-state index is 10.4. The van der Waals surface area contributed by atoms with Crippen LogP contribution < -0.4 is 5.73 Å². The molecular formula is C9H13NO3S. The third-order valence-electron chi connectivity index (χ3n) is 1.65. The fraction of sp³-hybridized carbons (Fsp3) is 0.444. The number of hydrogen-bond donors (Lipinski definition) is 2. The smallest absolute Gasteiger partial charge is 0.321 e. The van der Waals surface area contributed by atoms with Crippen LogP contribution >= 0.6 is 11.8 Å². The lowest BCUT2D eigenvalue weighted by molar-refractivity contribution is -0.137. The van der Waals surface area contributed by atoms with Crippen molar-refractivity contribution in [3.8, 4) is 0 Å². The summed E-state index contributed by atoms with van der Waals surface area (Å²) < 4.78 is 5.32. The highest BCUT2D eigenvalue weighted by Gasteiger charge is 2.11. The summed E-state index contributed by atoms with van der Waals surface area (Å²) in [5, 5.41) is 8.52. The van der Waals surface area contributed by atoms with Crippen LogP contribution in [0.4, 0.5) is 0 Å². The van der Waals surface area contributed by atoms with Gasteiger partial charge in [0.15, 0.2) is 0 Å². The van der Waals surface area contributed by atoms with Crippen molar-refractivity contribution in [1.82, 2.24) is 0 Å². The Morgan fingerprint density at radius 3 is 2.93 bits per heavy atom. The van der Waals surface area contributed by atoms with E-state index < -0.39 is 12.0 Å². The number of furan rings is 1. The molecule has 0 radical (unpaired) electrons. The number of carbonyl (C=O) groups is 1. The summed E-state index contributed by atoms with van der Waals surface area (Å²) in [5.41, 5.74) is 5.33. The number of rotatable bonds is 5. The number of aliphatic carboxylic acids is 1. The summed E-state index contributed by atoms with van der Waals surface area (Å²) in [4.78, 5) is 10.4. The molecule has 1 heterocycles. The van der Waals surface area contributed by atoms with Gasteiger partial charge in [0.1, 0.15) is 17.6 Å². The first-order chi connectivity index (χ1) is 6.59. The SMILES string of the molecule is Cc1ccc(CSCC(N)C(=O)O)o1. The zero-order valence-corrected chi connectivity index (χ0v) is 8.71. The molecule has 1 rings (SSSR count). The molecule has 0 fully saturated rings. The molecule has 0 aliphatic rings. The average molecular weight is 215 g/mol. The summed E-state index contributed by atoms with van der Waals surface area (Å²) in [6.45, 7) is 1.87. The van der Waals surface area contributed by atoms with Crippen molar-refractivity contribution in [3.63, 3.8) is 0 Å². The molecule has 14 heavy (non-hydrogen) atoms. The monoisotopic (exact) mass is 215 g/mol. The number of carboxylic acid groups (broad SMARTS) is 1. The molecule has 3 N–H and O–H groups in total. The molecule has 0 aliphatic carbocycles. The van der Waals surface area contributed by atoms with Crippen LogP contribution in [0.1, 0.15) is 11.5 Å². The van der Waals surface area contributed by atoms with E-state index in [4.69, 9.17) is 15.3 Å². The summed E-state index contributed by atoms with van der Waals surface area (Å²) in [6.07, 6.45) is 0. The van der Waals surface area contributed by atoms with Crippen LogP contribution in [0.15, 0.2) is 16.5 Å². The fourth-order valence-corrected chi connectivity index (χ4v) is 1.79. The predicted octanol–water partition coefficient (Wildman–Crippen LogP) is 1.23. The quantitative estimate of drug-likeness (QED) is 0.772. The molecule has 78 valence electrons. The maximum Gasteiger partial charge on any atom is 0.321 e. The van der Waals surface area contributed by atoms with Crippen LogP contribution in [0.25, 0.3) is 0 Å². The Bertz CT molecular complexity index is 311. The van der Waals surface area contributed by atoms with Crippen LogP contribution in [0.2, 0.25) is 0 Å². The van der Waals surface area contributed by atoms with Crippen LogP contribution in [0.5, 0.6) is 0 Å². The van der Waals surface area contributed by atoms with Crippen molar-refractivity contribution < 1.29 is 14.3 Å². The third-order valence-corrected chi connectivity index (χ3v) is 2.74. The molecule has 0 saturated heterocycles. The van der Waals surface area contributed by atoms with Crippen LogP contribution in [0, 0.1) is 6.92 Å². The maximum atomic E-state index is 10.4. The molecule has 0 aromatic carbocycles. The standard InChI is InChI=1S/C9H13NO3S/c1-6-2-3-7(13-6)4-14-5-8(10)9(11)12/h2-3,8H,4-5,10H2,1H3,(H,11,12).